The topological polar surface area (TPSA) is 79.0 Å². The van der Waals surface area contributed by atoms with Gasteiger partial charge in [0, 0.05) is 41.4 Å². The van der Waals surface area contributed by atoms with Gasteiger partial charge in [-0.3, -0.25) is 0 Å². The van der Waals surface area contributed by atoms with Crippen molar-refractivity contribution in [2.45, 2.75) is 18.9 Å². The summed E-state index contributed by atoms with van der Waals surface area (Å²) in [5.41, 5.74) is 7.06. The molecule has 0 radical (unpaired) electrons. The van der Waals surface area contributed by atoms with E-state index in [0.717, 1.165) is 0 Å². The zero-order chi connectivity index (χ0) is 24.2. The molecule has 3 aliphatic rings. The number of fused-ring (bicyclic) bond motifs is 4. The highest BCUT2D eigenvalue weighted by atomic mass is 19.1. The van der Waals surface area contributed by atoms with Crippen molar-refractivity contribution < 1.29 is 23.0 Å². The van der Waals surface area contributed by atoms with Gasteiger partial charge in [-0.15, -0.1) is 0 Å². The summed E-state index contributed by atoms with van der Waals surface area (Å²) in [6, 6.07) is 11.6. The van der Waals surface area contributed by atoms with Crippen LogP contribution in [-0.2, 0) is 15.1 Å². The van der Waals surface area contributed by atoms with Crippen LogP contribution in [0.2, 0.25) is 0 Å². The normalized spacial score (nSPS) is 21.3. The summed E-state index contributed by atoms with van der Waals surface area (Å²) in [5.74, 6) is 5.56. The average Bonchev–Trinajstić information content (AvgIpc) is 2.83. The smallest absolute Gasteiger partial charge is 0.283 e. The minimum absolute atomic E-state index is 0.0102. The van der Waals surface area contributed by atoms with Crippen LogP contribution in [-0.4, -0.2) is 30.8 Å². The van der Waals surface area contributed by atoms with Crippen LogP contribution < -0.4 is 10.5 Å². The number of rotatable bonds is 1. The predicted octanol–water partition coefficient (Wildman–Crippen LogP) is 4.50. The van der Waals surface area contributed by atoms with Crippen LogP contribution in [0.15, 0.2) is 53.7 Å². The third kappa shape index (κ3) is 3.51. The van der Waals surface area contributed by atoms with E-state index in [-0.39, 0.29) is 17.2 Å². The average molecular weight is 473 g/mol. The van der Waals surface area contributed by atoms with E-state index in [1.807, 2.05) is 6.92 Å². The SMILES string of the molecule is CC1(C#Cc2cc(F)c3c(c2)[C@@]2(CCN=C(N)O2)c2cc(-c4cccnc4F)ccc2O3)COC1. The van der Waals surface area contributed by atoms with Crippen molar-refractivity contribution in [3.05, 3.63) is 77.1 Å². The Labute approximate surface area is 200 Å². The number of benzene rings is 2. The Hall–Kier alpha value is -3.96. The Kier molecular flexibility index (Phi) is 4.80. The molecule has 1 spiro atoms. The molecule has 1 saturated heterocycles. The summed E-state index contributed by atoms with van der Waals surface area (Å²) in [6.45, 7) is 3.44. The van der Waals surface area contributed by atoms with Crippen molar-refractivity contribution in [1.29, 1.82) is 0 Å². The number of amidine groups is 1. The molecule has 0 unspecified atom stereocenters. The van der Waals surface area contributed by atoms with Gasteiger partial charge in [0.2, 0.25) is 5.95 Å². The molecular weight excluding hydrogens is 452 g/mol. The van der Waals surface area contributed by atoms with E-state index in [1.54, 1.807) is 36.4 Å². The highest BCUT2D eigenvalue weighted by Gasteiger charge is 2.48. The lowest BCUT2D eigenvalue weighted by Gasteiger charge is -2.41. The molecule has 6 nitrogen and oxygen atoms in total. The molecule has 0 aliphatic carbocycles. The number of pyridine rings is 1. The van der Waals surface area contributed by atoms with E-state index in [4.69, 9.17) is 19.9 Å². The zero-order valence-corrected chi connectivity index (χ0v) is 18.9. The molecule has 176 valence electrons. The quantitative estimate of drug-likeness (QED) is 0.416. The van der Waals surface area contributed by atoms with Gasteiger partial charge in [-0.05, 0) is 48.9 Å². The van der Waals surface area contributed by atoms with Crippen LogP contribution in [0.1, 0.15) is 30.0 Å². The van der Waals surface area contributed by atoms with E-state index in [9.17, 15) is 4.39 Å². The molecule has 6 rings (SSSR count). The molecule has 2 aromatic carbocycles. The van der Waals surface area contributed by atoms with Gasteiger partial charge >= 0.3 is 0 Å². The second-order valence-corrected chi connectivity index (χ2v) is 9.19. The molecule has 35 heavy (non-hydrogen) atoms. The maximum absolute atomic E-state index is 15.4. The standard InChI is InChI=1S/C27H21F2N3O3/c1-26(14-33-15-26)7-6-16-11-20-23(21(28)12-16)34-22-5-4-17(18-3-2-9-31-24(18)29)13-19(22)27(20)8-10-32-25(30)35-27/h2-5,9,11-13H,8,10,14-15H2,1H3,(H2,30,32)/t27-/m1/s1. The summed E-state index contributed by atoms with van der Waals surface area (Å²) >= 11 is 0. The van der Waals surface area contributed by atoms with Gasteiger partial charge in [0.25, 0.3) is 6.02 Å². The molecule has 1 atom stereocenters. The lowest BCUT2D eigenvalue weighted by molar-refractivity contribution is -0.0648. The Morgan fingerprint density at radius 1 is 1.09 bits per heavy atom. The molecule has 0 saturated carbocycles. The van der Waals surface area contributed by atoms with Crippen molar-refractivity contribution in [2.24, 2.45) is 16.1 Å². The highest BCUT2D eigenvalue weighted by Crippen LogP contribution is 2.53. The largest absolute Gasteiger partial charge is 0.453 e. The number of aliphatic imine (C=N–C) groups is 1. The van der Waals surface area contributed by atoms with E-state index >= 15 is 4.39 Å². The predicted molar refractivity (Wildman–Crippen MR) is 125 cm³/mol. The van der Waals surface area contributed by atoms with Gasteiger partial charge in [0.05, 0.1) is 18.6 Å². The second-order valence-electron chi connectivity index (χ2n) is 9.19. The van der Waals surface area contributed by atoms with Gasteiger partial charge in [-0.2, -0.15) is 4.39 Å². The number of hydrogen-bond acceptors (Lipinski definition) is 6. The van der Waals surface area contributed by atoms with Gasteiger partial charge < -0.3 is 19.9 Å². The van der Waals surface area contributed by atoms with Gasteiger partial charge in [0.1, 0.15) is 5.75 Å². The first-order valence-electron chi connectivity index (χ1n) is 11.2. The number of aromatic nitrogens is 1. The van der Waals surface area contributed by atoms with Crippen LogP contribution in [0, 0.1) is 29.0 Å². The maximum atomic E-state index is 15.4. The van der Waals surface area contributed by atoms with E-state index < -0.39 is 17.4 Å². The lowest BCUT2D eigenvalue weighted by atomic mass is 9.78. The summed E-state index contributed by atoms with van der Waals surface area (Å²) in [5, 5.41) is 0. The Morgan fingerprint density at radius 3 is 2.69 bits per heavy atom. The molecule has 0 amide bonds. The van der Waals surface area contributed by atoms with Gasteiger partial charge in [-0.25, -0.2) is 14.4 Å². The number of ether oxygens (including phenoxy) is 3. The van der Waals surface area contributed by atoms with E-state index in [1.165, 1.54) is 12.3 Å². The molecule has 4 heterocycles. The first-order chi connectivity index (χ1) is 16.9. The van der Waals surface area contributed by atoms with Crippen LogP contribution in [0.4, 0.5) is 8.78 Å². The van der Waals surface area contributed by atoms with Gasteiger partial charge in [-0.1, -0.05) is 17.9 Å². The van der Waals surface area contributed by atoms with E-state index in [2.05, 4.69) is 21.8 Å². The van der Waals surface area contributed by atoms with Crippen LogP contribution >= 0.6 is 0 Å². The lowest BCUT2D eigenvalue weighted by Crippen LogP contribution is -2.42. The summed E-state index contributed by atoms with van der Waals surface area (Å²) < 4.78 is 47.3. The van der Waals surface area contributed by atoms with Crippen molar-refractivity contribution >= 4 is 6.02 Å². The third-order valence-corrected chi connectivity index (χ3v) is 6.54. The molecule has 2 N–H and O–H groups in total. The monoisotopic (exact) mass is 473 g/mol. The number of hydrogen-bond donors (Lipinski definition) is 1. The second kappa shape index (κ2) is 7.79. The first-order valence-corrected chi connectivity index (χ1v) is 11.2. The zero-order valence-electron chi connectivity index (χ0n) is 18.9. The minimum atomic E-state index is -1.18. The number of nitrogens with two attached hydrogens (primary N) is 1. The van der Waals surface area contributed by atoms with Crippen molar-refractivity contribution in [2.75, 3.05) is 19.8 Å². The Bertz CT molecular complexity index is 1460. The van der Waals surface area contributed by atoms with E-state index in [0.29, 0.717) is 59.7 Å². The molecule has 3 aliphatic heterocycles. The Balaban J connectivity index is 1.53. The number of nitrogens with zero attached hydrogens (tertiary/aromatic N) is 2. The fourth-order valence-corrected chi connectivity index (χ4v) is 4.70. The highest BCUT2D eigenvalue weighted by molar-refractivity contribution is 5.76. The molecular formula is C27H21F2N3O3. The third-order valence-electron chi connectivity index (χ3n) is 6.54. The number of halogens is 2. The molecule has 3 aromatic rings. The summed E-state index contributed by atoms with van der Waals surface area (Å²) in [4.78, 5) is 7.93. The van der Waals surface area contributed by atoms with Crippen LogP contribution in [0.25, 0.3) is 11.1 Å². The first kappa shape index (κ1) is 21.6. The fourth-order valence-electron chi connectivity index (χ4n) is 4.70. The van der Waals surface area contributed by atoms with Gasteiger partial charge in [0.15, 0.2) is 17.2 Å². The molecule has 1 fully saturated rings. The van der Waals surface area contributed by atoms with Crippen molar-refractivity contribution in [1.82, 2.24) is 4.98 Å². The van der Waals surface area contributed by atoms with Crippen molar-refractivity contribution in [3.8, 4) is 34.5 Å². The minimum Gasteiger partial charge on any atom is -0.453 e. The molecule has 8 heteroatoms. The molecule has 1 aromatic heterocycles. The Morgan fingerprint density at radius 2 is 1.94 bits per heavy atom. The molecule has 0 bridgehead atoms. The van der Waals surface area contributed by atoms with Crippen LogP contribution in [0.5, 0.6) is 11.5 Å². The van der Waals surface area contributed by atoms with Crippen molar-refractivity contribution in [3.63, 3.8) is 0 Å². The van der Waals surface area contributed by atoms with Crippen LogP contribution in [0.3, 0.4) is 0 Å². The maximum Gasteiger partial charge on any atom is 0.283 e. The fraction of sp³-hybridized carbons (Fsp3) is 0.259. The summed E-state index contributed by atoms with van der Waals surface area (Å²) in [6.07, 6.45) is 1.78. The summed E-state index contributed by atoms with van der Waals surface area (Å²) in [7, 11) is 0.